The van der Waals surface area contributed by atoms with Gasteiger partial charge in [-0.15, -0.1) is 11.3 Å². The van der Waals surface area contributed by atoms with E-state index in [4.69, 9.17) is 5.11 Å². The van der Waals surface area contributed by atoms with Crippen molar-refractivity contribution in [2.24, 2.45) is 11.3 Å². The molecule has 3 rings (SSSR count). The van der Waals surface area contributed by atoms with Gasteiger partial charge < -0.3 is 10.0 Å². The van der Waals surface area contributed by atoms with Gasteiger partial charge in [-0.2, -0.15) is 0 Å². The molecule has 1 atom stereocenters. The number of hydrogen-bond acceptors (Lipinski definition) is 4. The molecule has 0 aromatic carbocycles. The van der Waals surface area contributed by atoms with Gasteiger partial charge in [-0.05, 0) is 24.7 Å². The van der Waals surface area contributed by atoms with E-state index in [2.05, 4.69) is 25.8 Å². The predicted octanol–water partition coefficient (Wildman–Crippen LogP) is 2.77. The van der Waals surface area contributed by atoms with Crippen LogP contribution in [-0.4, -0.2) is 40.0 Å². The number of likely N-dealkylation sites (tertiary alicyclic amines) is 1. The van der Waals surface area contributed by atoms with Crippen molar-refractivity contribution in [2.75, 3.05) is 13.1 Å². The smallest absolute Gasteiger partial charge is 0.307 e. The molecule has 1 saturated heterocycles. The largest absolute Gasteiger partial charge is 0.481 e. The number of amides is 1. The number of carboxylic acid groups (broad SMARTS) is 1. The number of nitrogens with zero attached hydrogens (tertiary/aromatic N) is 2. The zero-order chi connectivity index (χ0) is 16.1. The summed E-state index contributed by atoms with van der Waals surface area (Å²) in [6.07, 6.45) is 2.37. The number of rotatable bonds is 2. The minimum Gasteiger partial charge on any atom is -0.481 e. The first-order valence-corrected chi connectivity index (χ1v) is 8.59. The second-order valence-electron chi connectivity index (χ2n) is 7.54. The normalized spacial score (nSPS) is 23.6. The predicted molar refractivity (Wildman–Crippen MR) is 84.1 cm³/mol. The average Bonchev–Trinajstić information content (AvgIpc) is 2.93. The monoisotopic (exact) mass is 322 g/mol. The highest BCUT2D eigenvalue weighted by molar-refractivity contribution is 7.10. The number of piperidine rings is 1. The van der Waals surface area contributed by atoms with Crippen LogP contribution in [0.15, 0.2) is 5.38 Å². The van der Waals surface area contributed by atoms with Gasteiger partial charge in [0, 0.05) is 23.9 Å². The van der Waals surface area contributed by atoms with Crippen LogP contribution in [0.25, 0.3) is 0 Å². The molecule has 0 bridgehead atoms. The second-order valence-corrected chi connectivity index (χ2v) is 8.40. The first-order chi connectivity index (χ1) is 10.2. The summed E-state index contributed by atoms with van der Waals surface area (Å²) in [5.41, 5.74) is 0.440. The number of carbonyl (C=O) groups excluding carboxylic acids is 1. The number of carbonyl (C=O) groups is 2. The molecule has 1 aromatic heterocycles. The fourth-order valence-electron chi connectivity index (χ4n) is 3.28. The number of hydrogen-bond donors (Lipinski definition) is 1. The van der Waals surface area contributed by atoms with Gasteiger partial charge in [-0.25, -0.2) is 4.98 Å². The lowest BCUT2D eigenvalue weighted by Crippen LogP contribution is -2.40. The Labute approximate surface area is 134 Å². The Kier molecular flexibility index (Phi) is 3.55. The summed E-state index contributed by atoms with van der Waals surface area (Å²) in [4.78, 5) is 29.9. The topological polar surface area (TPSA) is 70.5 Å². The zero-order valence-corrected chi connectivity index (χ0v) is 14.1. The third-order valence-corrected chi connectivity index (χ3v) is 6.17. The van der Waals surface area contributed by atoms with Crippen molar-refractivity contribution >= 4 is 23.2 Å². The van der Waals surface area contributed by atoms with Gasteiger partial charge in [0.1, 0.15) is 5.69 Å². The maximum absolute atomic E-state index is 12.5. The van der Waals surface area contributed by atoms with Crippen molar-refractivity contribution in [1.82, 2.24) is 9.88 Å². The summed E-state index contributed by atoms with van der Waals surface area (Å²) < 4.78 is 0. The van der Waals surface area contributed by atoms with Gasteiger partial charge in [0.2, 0.25) is 0 Å². The van der Waals surface area contributed by atoms with E-state index in [1.807, 2.05) is 10.3 Å². The zero-order valence-electron chi connectivity index (χ0n) is 13.3. The van der Waals surface area contributed by atoms with Crippen molar-refractivity contribution < 1.29 is 14.7 Å². The van der Waals surface area contributed by atoms with Crippen molar-refractivity contribution in [1.29, 1.82) is 0 Å². The van der Waals surface area contributed by atoms with E-state index in [1.54, 1.807) is 0 Å². The van der Waals surface area contributed by atoms with Gasteiger partial charge in [0.25, 0.3) is 5.91 Å². The molecule has 6 heteroatoms. The van der Waals surface area contributed by atoms with Crippen molar-refractivity contribution in [3.8, 4) is 0 Å². The summed E-state index contributed by atoms with van der Waals surface area (Å²) in [6, 6.07) is 0. The molecular weight excluding hydrogens is 300 g/mol. The Hall–Kier alpha value is -1.43. The van der Waals surface area contributed by atoms with Crippen LogP contribution in [0.4, 0.5) is 0 Å². The Morgan fingerprint density at radius 2 is 2.00 bits per heavy atom. The van der Waals surface area contributed by atoms with E-state index in [0.717, 1.165) is 24.3 Å². The summed E-state index contributed by atoms with van der Waals surface area (Å²) >= 11 is 1.53. The molecule has 22 heavy (non-hydrogen) atoms. The molecule has 120 valence electrons. The van der Waals surface area contributed by atoms with Gasteiger partial charge in [0.05, 0.1) is 10.9 Å². The van der Waals surface area contributed by atoms with Gasteiger partial charge >= 0.3 is 5.97 Å². The minimum absolute atomic E-state index is 0.0193. The van der Waals surface area contributed by atoms with E-state index < -0.39 is 5.97 Å². The molecule has 1 aliphatic carbocycles. The molecule has 1 unspecified atom stereocenters. The van der Waals surface area contributed by atoms with Crippen LogP contribution in [0.3, 0.4) is 0 Å². The molecule has 1 aromatic rings. The number of thiazole rings is 1. The molecule has 1 aliphatic heterocycles. The van der Waals surface area contributed by atoms with Crippen LogP contribution in [0, 0.1) is 11.3 Å². The second kappa shape index (κ2) is 5.05. The number of carboxylic acids is 1. The summed E-state index contributed by atoms with van der Waals surface area (Å²) in [7, 11) is 0. The maximum atomic E-state index is 12.5. The van der Waals surface area contributed by atoms with Gasteiger partial charge in [-0.1, -0.05) is 20.8 Å². The quantitative estimate of drug-likeness (QED) is 0.909. The SMILES string of the molecule is CC(C)(C)c1nc(C(=O)N2CCC3(CC2)CC3C(=O)O)cs1. The molecule has 2 aliphatic rings. The van der Waals surface area contributed by atoms with Crippen molar-refractivity contribution in [3.63, 3.8) is 0 Å². The lowest BCUT2D eigenvalue weighted by Gasteiger charge is -2.32. The molecule has 1 saturated carbocycles. The molecule has 2 heterocycles. The summed E-state index contributed by atoms with van der Waals surface area (Å²) in [5.74, 6) is -0.903. The molecule has 5 nitrogen and oxygen atoms in total. The Bertz CT molecular complexity index is 609. The first kappa shape index (κ1) is 15.5. The lowest BCUT2D eigenvalue weighted by atomic mass is 9.90. The molecular formula is C16H22N2O3S. The third kappa shape index (κ3) is 2.64. The Morgan fingerprint density at radius 1 is 1.36 bits per heavy atom. The van der Waals surface area contributed by atoms with Crippen LogP contribution < -0.4 is 0 Å². The highest BCUT2D eigenvalue weighted by Gasteiger charge is 2.59. The Balaban J connectivity index is 1.63. The fraction of sp³-hybridized carbons (Fsp3) is 0.688. The van der Waals surface area contributed by atoms with Crippen molar-refractivity contribution in [2.45, 2.75) is 45.4 Å². The van der Waals surface area contributed by atoms with E-state index in [1.165, 1.54) is 11.3 Å². The summed E-state index contributed by atoms with van der Waals surface area (Å²) in [5, 5.41) is 11.9. The lowest BCUT2D eigenvalue weighted by molar-refractivity contribution is -0.139. The third-order valence-electron chi connectivity index (χ3n) is 4.90. The standard InChI is InChI=1S/C16H22N2O3S/c1-15(2,3)14-17-11(9-22-14)12(19)18-6-4-16(5-7-18)8-10(16)13(20)21/h9-10H,4-8H2,1-3H3,(H,20,21). The van der Waals surface area contributed by atoms with E-state index in [0.29, 0.717) is 18.8 Å². The van der Waals surface area contributed by atoms with Crippen LogP contribution in [0.1, 0.15) is 55.5 Å². The summed E-state index contributed by atoms with van der Waals surface area (Å²) in [6.45, 7) is 7.55. The van der Waals surface area contributed by atoms with E-state index >= 15 is 0 Å². The molecule has 0 radical (unpaired) electrons. The molecule has 1 spiro atoms. The van der Waals surface area contributed by atoms with Crippen LogP contribution in [-0.2, 0) is 10.2 Å². The number of aliphatic carboxylic acids is 1. The minimum atomic E-state index is -0.686. The van der Waals surface area contributed by atoms with Gasteiger partial charge in [0.15, 0.2) is 0 Å². The van der Waals surface area contributed by atoms with Crippen LogP contribution in [0.2, 0.25) is 0 Å². The fourth-order valence-corrected chi connectivity index (χ4v) is 4.16. The van der Waals surface area contributed by atoms with Gasteiger partial charge in [-0.3, -0.25) is 9.59 Å². The molecule has 1 N–H and O–H groups in total. The van der Waals surface area contributed by atoms with Crippen molar-refractivity contribution in [3.05, 3.63) is 16.1 Å². The Morgan fingerprint density at radius 3 is 2.45 bits per heavy atom. The van der Waals surface area contributed by atoms with E-state index in [9.17, 15) is 9.59 Å². The highest BCUT2D eigenvalue weighted by atomic mass is 32.1. The van der Waals surface area contributed by atoms with Crippen LogP contribution >= 0.6 is 11.3 Å². The number of aromatic nitrogens is 1. The molecule has 2 fully saturated rings. The molecule has 1 amide bonds. The van der Waals surface area contributed by atoms with Crippen LogP contribution in [0.5, 0.6) is 0 Å². The first-order valence-electron chi connectivity index (χ1n) is 7.71. The highest BCUT2D eigenvalue weighted by Crippen LogP contribution is 2.59. The maximum Gasteiger partial charge on any atom is 0.307 e. The average molecular weight is 322 g/mol. The van der Waals surface area contributed by atoms with E-state index in [-0.39, 0.29) is 22.7 Å².